The summed E-state index contributed by atoms with van der Waals surface area (Å²) >= 11 is 1.18. The number of nitrogens with zero attached hydrogens (tertiary/aromatic N) is 3. The number of rotatable bonds is 3. The second-order valence-corrected chi connectivity index (χ2v) is 7.53. The predicted octanol–water partition coefficient (Wildman–Crippen LogP) is 2.04. The minimum Gasteiger partial charge on any atom is -0.490 e. The van der Waals surface area contributed by atoms with Gasteiger partial charge in [0.2, 0.25) is 5.13 Å². The van der Waals surface area contributed by atoms with Gasteiger partial charge in [0.1, 0.15) is 11.9 Å². The van der Waals surface area contributed by atoms with Crippen LogP contribution in [0.5, 0.6) is 5.75 Å². The van der Waals surface area contributed by atoms with Crippen LogP contribution in [0.2, 0.25) is 0 Å². The molecule has 128 valence electrons. The van der Waals surface area contributed by atoms with Crippen molar-refractivity contribution in [3.05, 3.63) is 39.0 Å². The number of hydrogen-bond donors (Lipinski definition) is 1. The van der Waals surface area contributed by atoms with Crippen LogP contribution in [0.15, 0.2) is 23.0 Å². The Labute approximate surface area is 145 Å². The zero-order valence-electron chi connectivity index (χ0n) is 14.0. The Balaban J connectivity index is 1.42. The third-order valence-corrected chi connectivity index (χ3v) is 5.78. The van der Waals surface area contributed by atoms with Crippen LogP contribution >= 0.6 is 11.3 Å². The molecule has 1 fully saturated rings. The summed E-state index contributed by atoms with van der Waals surface area (Å²) in [5, 5.41) is 7.38. The minimum atomic E-state index is -0.0897. The molecular formula is C17H22N4O2S. The van der Waals surface area contributed by atoms with E-state index >= 15 is 0 Å². The van der Waals surface area contributed by atoms with E-state index in [9.17, 15) is 4.79 Å². The predicted molar refractivity (Wildman–Crippen MR) is 95.2 cm³/mol. The van der Waals surface area contributed by atoms with Crippen molar-refractivity contribution < 1.29 is 4.74 Å². The van der Waals surface area contributed by atoms with E-state index in [1.54, 1.807) is 0 Å². The fraction of sp³-hybridized carbons (Fsp3) is 0.529. The quantitative estimate of drug-likeness (QED) is 0.921. The second kappa shape index (κ2) is 6.22. The summed E-state index contributed by atoms with van der Waals surface area (Å²) < 4.78 is 5.90. The summed E-state index contributed by atoms with van der Waals surface area (Å²) in [5.41, 5.74) is 2.62. The maximum atomic E-state index is 11.3. The lowest BCUT2D eigenvalue weighted by molar-refractivity contribution is 0.197. The second-order valence-electron chi connectivity index (χ2n) is 6.59. The Hall–Kier alpha value is -1.86. The van der Waals surface area contributed by atoms with Gasteiger partial charge in [0, 0.05) is 38.6 Å². The summed E-state index contributed by atoms with van der Waals surface area (Å²) in [6.45, 7) is 8.08. The van der Waals surface area contributed by atoms with Crippen molar-refractivity contribution in [1.82, 2.24) is 15.1 Å². The van der Waals surface area contributed by atoms with Crippen molar-refractivity contribution in [2.45, 2.75) is 32.4 Å². The zero-order valence-corrected chi connectivity index (χ0v) is 14.8. The first-order valence-electron chi connectivity index (χ1n) is 8.44. The lowest BCUT2D eigenvalue weighted by Crippen LogP contribution is -2.47. The molecule has 1 N–H and O–H groups in total. The third kappa shape index (κ3) is 2.93. The van der Waals surface area contributed by atoms with Crippen LogP contribution in [0.4, 0.5) is 5.13 Å². The van der Waals surface area contributed by atoms with Gasteiger partial charge in [0.25, 0.3) is 0 Å². The Morgan fingerprint density at radius 3 is 2.83 bits per heavy atom. The number of fused-ring (bicyclic) bond motifs is 1. The normalized spacial score (nSPS) is 22.2. The number of anilines is 1. The summed E-state index contributed by atoms with van der Waals surface area (Å²) in [7, 11) is 0. The first kappa shape index (κ1) is 15.7. The average Bonchev–Trinajstić information content (AvgIpc) is 3.18. The number of hydrogen-bond acceptors (Lipinski definition) is 6. The van der Waals surface area contributed by atoms with Crippen molar-refractivity contribution in [3.8, 4) is 5.75 Å². The van der Waals surface area contributed by atoms with Crippen LogP contribution in [0.3, 0.4) is 0 Å². The molecule has 1 aromatic carbocycles. The van der Waals surface area contributed by atoms with E-state index in [0.717, 1.165) is 43.5 Å². The highest BCUT2D eigenvalue weighted by molar-refractivity contribution is 7.12. The average molecular weight is 346 g/mol. The lowest BCUT2D eigenvalue weighted by atomic mass is 10.0. The maximum Gasteiger partial charge on any atom is 0.324 e. The molecule has 7 heteroatoms. The van der Waals surface area contributed by atoms with Crippen LogP contribution in [-0.2, 0) is 6.42 Å². The van der Waals surface area contributed by atoms with Gasteiger partial charge in [-0.2, -0.15) is 0 Å². The first-order chi connectivity index (χ1) is 11.6. The van der Waals surface area contributed by atoms with E-state index in [4.69, 9.17) is 4.74 Å². The zero-order chi connectivity index (χ0) is 16.7. The fourth-order valence-corrected chi connectivity index (χ4v) is 4.21. The number of aromatic amines is 1. The van der Waals surface area contributed by atoms with Crippen LogP contribution in [-0.4, -0.2) is 47.4 Å². The van der Waals surface area contributed by atoms with Crippen LogP contribution in [0, 0.1) is 0 Å². The molecule has 2 aliphatic rings. The highest BCUT2D eigenvalue weighted by Gasteiger charge is 2.25. The molecule has 24 heavy (non-hydrogen) atoms. The van der Waals surface area contributed by atoms with Gasteiger partial charge >= 0.3 is 4.87 Å². The molecule has 1 aromatic heterocycles. The van der Waals surface area contributed by atoms with Gasteiger partial charge in [-0.15, -0.1) is 5.10 Å². The molecule has 0 aliphatic carbocycles. The first-order valence-corrected chi connectivity index (χ1v) is 9.26. The molecule has 2 aromatic rings. The van der Waals surface area contributed by atoms with Gasteiger partial charge in [0.05, 0.1) is 0 Å². The number of benzene rings is 1. The van der Waals surface area contributed by atoms with Crippen molar-refractivity contribution >= 4 is 16.5 Å². The van der Waals surface area contributed by atoms with Gasteiger partial charge in [-0.1, -0.05) is 12.1 Å². The molecule has 4 rings (SSSR count). The van der Waals surface area contributed by atoms with Crippen molar-refractivity contribution in [2.24, 2.45) is 0 Å². The molecule has 2 aliphatic heterocycles. The molecule has 0 amide bonds. The highest BCUT2D eigenvalue weighted by Crippen LogP contribution is 2.33. The molecule has 2 atom stereocenters. The SMILES string of the molecule is CC(c1ccc2c(c1)O[C@H](C)C2)N1CCN(c2n[nH]c(=O)s2)CC1. The monoisotopic (exact) mass is 346 g/mol. The van der Waals surface area contributed by atoms with Gasteiger partial charge in [-0.05, 0) is 42.4 Å². The van der Waals surface area contributed by atoms with Crippen molar-refractivity contribution in [1.29, 1.82) is 0 Å². The van der Waals surface area contributed by atoms with E-state index in [2.05, 4.69) is 52.0 Å². The largest absolute Gasteiger partial charge is 0.490 e. The number of ether oxygens (including phenoxy) is 1. The summed E-state index contributed by atoms with van der Waals surface area (Å²) in [4.78, 5) is 15.8. The molecule has 1 unspecified atom stereocenters. The number of H-pyrrole nitrogens is 1. The molecule has 1 saturated heterocycles. The summed E-state index contributed by atoms with van der Waals surface area (Å²) in [5.74, 6) is 1.05. The van der Waals surface area contributed by atoms with Gasteiger partial charge in [0.15, 0.2) is 0 Å². The Morgan fingerprint density at radius 1 is 1.33 bits per heavy atom. The maximum absolute atomic E-state index is 11.3. The van der Waals surface area contributed by atoms with E-state index < -0.39 is 0 Å². The highest BCUT2D eigenvalue weighted by atomic mass is 32.1. The molecular weight excluding hydrogens is 324 g/mol. The lowest BCUT2D eigenvalue weighted by Gasteiger charge is -2.38. The van der Waals surface area contributed by atoms with E-state index in [-0.39, 0.29) is 11.0 Å². The number of nitrogens with one attached hydrogen (secondary N) is 1. The Morgan fingerprint density at radius 2 is 2.12 bits per heavy atom. The summed E-state index contributed by atoms with van der Waals surface area (Å²) in [6.07, 6.45) is 1.30. The summed E-state index contributed by atoms with van der Waals surface area (Å²) in [6, 6.07) is 7.00. The molecule has 3 heterocycles. The Kier molecular flexibility index (Phi) is 4.05. The van der Waals surface area contributed by atoms with Gasteiger partial charge in [-0.25, -0.2) is 5.10 Å². The van der Waals surface area contributed by atoms with Gasteiger partial charge in [-0.3, -0.25) is 9.69 Å². The van der Waals surface area contributed by atoms with Crippen LogP contribution < -0.4 is 14.5 Å². The van der Waals surface area contributed by atoms with Crippen LogP contribution in [0.1, 0.15) is 31.0 Å². The molecule has 6 nitrogen and oxygen atoms in total. The Bertz CT molecular complexity index is 779. The molecule has 0 spiro atoms. The minimum absolute atomic E-state index is 0.0897. The smallest absolute Gasteiger partial charge is 0.324 e. The molecule has 0 bridgehead atoms. The van der Waals surface area contributed by atoms with E-state index in [1.165, 1.54) is 22.5 Å². The fourth-order valence-electron chi connectivity index (χ4n) is 3.55. The molecule has 0 saturated carbocycles. The van der Waals surface area contributed by atoms with E-state index in [0.29, 0.717) is 6.04 Å². The van der Waals surface area contributed by atoms with E-state index in [1.807, 2.05) is 0 Å². The van der Waals surface area contributed by atoms with Crippen molar-refractivity contribution in [3.63, 3.8) is 0 Å². The number of piperazine rings is 1. The van der Waals surface area contributed by atoms with Gasteiger partial charge < -0.3 is 9.64 Å². The van der Waals surface area contributed by atoms with Crippen molar-refractivity contribution in [2.75, 3.05) is 31.1 Å². The molecule has 0 radical (unpaired) electrons. The third-order valence-electron chi connectivity index (χ3n) is 4.97. The number of aromatic nitrogens is 2. The standard InChI is InChI=1S/C17H22N4O2S/c1-11-9-14-4-3-13(10-15(14)23-11)12(2)20-5-7-21(8-6-20)16-18-19-17(22)24-16/h3-4,10-12H,5-9H2,1-2H3,(H,19,22)/t11-,12?/m1/s1. The topological polar surface area (TPSA) is 61.5 Å². The van der Waals surface area contributed by atoms with Crippen LogP contribution in [0.25, 0.3) is 0 Å².